The van der Waals surface area contributed by atoms with Crippen molar-refractivity contribution in [2.45, 2.75) is 27.4 Å². The topological polar surface area (TPSA) is 130 Å². The minimum atomic E-state index is -3.09. The van der Waals surface area contributed by atoms with Gasteiger partial charge in [-0.05, 0) is 39.0 Å². The van der Waals surface area contributed by atoms with Gasteiger partial charge in [-0.3, -0.25) is 14.9 Å². The molecule has 0 atom stereocenters. The number of ketones is 1. The summed E-state index contributed by atoms with van der Waals surface area (Å²) in [4.78, 5) is 48.6. The fraction of sp³-hybridized carbons (Fsp3) is 0.333. The van der Waals surface area contributed by atoms with Crippen molar-refractivity contribution in [2.75, 3.05) is 25.6 Å². The van der Waals surface area contributed by atoms with E-state index in [1.165, 1.54) is 21.0 Å². The Kier molecular flexibility index (Phi) is 8.49. The molecule has 0 saturated carbocycles. The average Bonchev–Trinajstić information content (AvgIpc) is 3.07. The first-order valence-electron chi connectivity index (χ1n) is 9.50. The smallest absolute Gasteiger partial charge is 0.387 e. The number of ether oxygens (including phenoxy) is 4. The molecule has 33 heavy (non-hydrogen) atoms. The quantitative estimate of drug-likeness (QED) is 0.411. The highest BCUT2D eigenvalue weighted by molar-refractivity contribution is 6.10. The van der Waals surface area contributed by atoms with Gasteiger partial charge in [-0.15, -0.1) is 0 Å². The van der Waals surface area contributed by atoms with Crippen LogP contribution in [0.1, 0.15) is 50.7 Å². The number of anilines is 1. The molecule has 1 amide bonds. The second-order valence-electron chi connectivity index (χ2n) is 6.38. The van der Waals surface area contributed by atoms with Gasteiger partial charge in [-0.1, -0.05) is 0 Å². The first kappa shape index (κ1) is 25.3. The molecule has 2 rings (SSSR count). The Morgan fingerprint density at radius 2 is 1.76 bits per heavy atom. The van der Waals surface area contributed by atoms with Crippen LogP contribution < -0.4 is 14.8 Å². The van der Waals surface area contributed by atoms with E-state index in [0.717, 1.165) is 18.2 Å². The van der Waals surface area contributed by atoms with E-state index in [9.17, 15) is 28.0 Å². The second-order valence-corrected chi connectivity index (χ2v) is 6.38. The predicted molar refractivity (Wildman–Crippen MR) is 108 cm³/mol. The van der Waals surface area contributed by atoms with Crippen LogP contribution >= 0.6 is 0 Å². The number of furan rings is 1. The van der Waals surface area contributed by atoms with Gasteiger partial charge in [-0.25, -0.2) is 9.59 Å². The van der Waals surface area contributed by atoms with E-state index in [1.54, 1.807) is 6.92 Å². The van der Waals surface area contributed by atoms with Gasteiger partial charge in [0.15, 0.2) is 23.9 Å². The van der Waals surface area contributed by atoms with E-state index in [1.807, 2.05) is 0 Å². The van der Waals surface area contributed by atoms with E-state index >= 15 is 0 Å². The molecule has 1 aromatic carbocycles. The summed E-state index contributed by atoms with van der Waals surface area (Å²) in [7, 11) is 1.19. The molecule has 1 aromatic heterocycles. The number of Topliss-reactive ketones (excluding diaryl/α,β-unsaturated/α-hetero) is 1. The van der Waals surface area contributed by atoms with Crippen LogP contribution in [0.3, 0.4) is 0 Å². The zero-order chi connectivity index (χ0) is 24.7. The fourth-order valence-corrected chi connectivity index (χ4v) is 2.82. The number of alkyl halides is 2. The molecule has 0 aliphatic heterocycles. The number of carbonyl (C=O) groups is 4. The molecule has 178 valence electrons. The lowest BCUT2D eigenvalue weighted by Crippen LogP contribution is -2.22. The summed E-state index contributed by atoms with van der Waals surface area (Å²) in [5, 5.41) is 2.26. The molecule has 0 fully saturated rings. The number of hydrogen-bond acceptors (Lipinski definition) is 9. The number of benzene rings is 1. The van der Waals surface area contributed by atoms with Crippen molar-refractivity contribution in [1.29, 1.82) is 0 Å². The molecule has 10 nitrogen and oxygen atoms in total. The molecule has 1 heterocycles. The highest BCUT2D eigenvalue weighted by Crippen LogP contribution is 2.30. The van der Waals surface area contributed by atoms with Crippen LogP contribution in [0.15, 0.2) is 22.6 Å². The lowest BCUT2D eigenvalue weighted by atomic mass is 10.1. The van der Waals surface area contributed by atoms with Gasteiger partial charge in [0.2, 0.25) is 5.88 Å². The normalized spacial score (nSPS) is 10.5. The largest absolute Gasteiger partial charge is 0.493 e. The zero-order valence-electron chi connectivity index (χ0n) is 18.2. The molecule has 0 saturated heterocycles. The molecule has 0 bridgehead atoms. The minimum absolute atomic E-state index is 0.0238. The van der Waals surface area contributed by atoms with E-state index in [-0.39, 0.29) is 46.4 Å². The van der Waals surface area contributed by atoms with Crippen molar-refractivity contribution in [1.82, 2.24) is 0 Å². The Morgan fingerprint density at radius 1 is 1.06 bits per heavy atom. The highest BCUT2D eigenvalue weighted by atomic mass is 19.3. The maximum atomic E-state index is 12.4. The molecule has 0 unspecified atom stereocenters. The van der Waals surface area contributed by atoms with E-state index in [4.69, 9.17) is 18.6 Å². The Hall–Kier alpha value is -3.96. The van der Waals surface area contributed by atoms with Crippen molar-refractivity contribution in [3.05, 3.63) is 40.6 Å². The number of amides is 1. The Labute approximate surface area is 186 Å². The summed E-state index contributed by atoms with van der Waals surface area (Å²) in [5.41, 5.74) is -0.388. The first-order chi connectivity index (χ1) is 15.6. The number of rotatable bonds is 10. The van der Waals surface area contributed by atoms with Gasteiger partial charge in [0.25, 0.3) is 5.91 Å². The third-order valence-electron chi connectivity index (χ3n) is 4.12. The number of aryl methyl sites for hydroxylation is 1. The molecule has 0 spiro atoms. The van der Waals surface area contributed by atoms with Gasteiger partial charge >= 0.3 is 18.6 Å². The first-order valence-corrected chi connectivity index (χ1v) is 9.50. The van der Waals surface area contributed by atoms with Crippen molar-refractivity contribution in [3.8, 4) is 11.5 Å². The van der Waals surface area contributed by atoms with Crippen molar-refractivity contribution >= 4 is 29.5 Å². The number of methoxy groups -OCH3 is 1. The molecule has 0 radical (unpaired) electrons. The van der Waals surface area contributed by atoms with Crippen LogP contribution in [0.2, 0.25) is 0 Å². The monoisotopic (exact) mass is 469 g/mol. The summed E-state index contributed by atoms with van der Waals surface area (Å²) in [6.07, 6.45) is 0. The molecule has 2 aromatic rings. The number of esters is 2. The summed E-state index contributed by atoms with van der Waals surface area (Å²) < 4.78 is 49.1. The molecular formula is C21H21F2NO9. The second kappa shape index (κ2) is 11.1. The summed E-state index contributed by atoms with van der Waals surface area (Å²) in [5.74, 6) is -3.84. The van der Waals surface area contributed by atoms with E-state index in [0.29, 0.717) is 0 Å². The Morgan fingerprint density at radius 3 is 2.33 bits per heavy atom. The molecule has 0 aliphatic carbocycles. The number of nitrogens with one attached hydrogen (secondary N) is 1. The third-order valence-corrected chi connectivity index (χ3v) is 4.12. The predicted octanol–water partition coefficient (Wildman–Crippen LogP) is 3.37. The van der Waals surface area contributed by atoms with Crippen LogP contribution in [0.5, 0.6) is 11.5 Å². The van der Waals surface area contributed by atoms with Crippen LogP contribution in [0.25, 0.3) is 0 Å². The lowest BCUT2D eigenvalue weighted by molar-refractivity contribution is -0.119. The number of hydrogen-bond donors (Lipinski definition) is 1. The molecular weight excluding hydrogens is 448 g/mol. The summed E-state index contributed by atoms with van der Waals surface area (Å²) >= 11 is 0. The third kappa shape index (κ3) is 6.28. The van der Waals surface area contributed by atoms with Crippen molar-refractivity contribution in [2.24, 2.45) is 0 Å². The van der Waals surface area contributed by atoms with Gasteiger partial charge in [0, 0.05) is 0 Å². The maximum absolute atomic E-state index is 12.4. The lowest BCUT2D eigenvalue weighted by Gasteiger charge is -2.11. The highest BCUT2D eigenvalue weighted by Gasteiger charge is 2.29. The standard InChI is InChI=1S/C21H21F2NO9/c1-5-30-20(28)17-16(10(2)25)11(3)32-18(17)24-15(26)9-31-19(27)12-6-7-13(33-21(22)23)14(8-12)29-4/h6-8,21H,5,9H2,1-4H3,(H,24,26). The molecule has 0 aliphatic rings. The van der Waals surface area contributed by atoms with Crippen LogP contribution in [-0.2, 0) is 14.3 Å². The van der Waals surface area contributed by atoms with E-state index < -0.39 is 36.8 Å². The SMILES string of the molecule is CCOC(=O)c1c(NC(=O)COC(=O)c2ccc(OC(F)F)c(OC)c2)oc(C)c1C(C)=O. The van der Waals surface area contributed by atoms with Crippen molar-refractivity contribution < 1.29 is 51.3 Å². The van der Waals surface area contributed by atoms with Gasteiger partial charge in [0.1, 0.15) is 11.3 Å². The Balaban J connectivity index is 2.12. The van der Waals surface area contributed by atoms with Crippen LogP contribution in [0.4, 0.5) is 14.7 Å². The fourth-order valence-electron chi connectivity index (χ4n) is 2.82. The maximum Gasteiger partial charge on any atom is 0.387 e. The zero-order valence-corrected chi connectivity index (χ0v) is 18.2. The molecule has 12 heteroatoms. The summed E-state index contributed by atoms with van der Waals surface area (Å²) in [6, 6.07) is 3.34. The van der Waals surface area contributed by atoms with Crippen LogP contribution in [-0.4, -0.2) is 50.6 Å². The average molecular weight is 469 g/mol. The number of halogens is 2. The Bertz CT molecular complexity index is 1060. The van der Waals surface area contributed by atoms with Gasteiger partial charge in [-0.2, -0.15) is 8.78 Å². The number of carbonyl (C=O) groups excluding carboxylic acids is 4. The van der Waals surface area contributed by atoms with E-state index in [2.05, 4.69) is 10.1 Å². The van der Waals surface area contributed by atoms with Gasteiger partial charge in [0.05, 0.1) is 24.8 Å². The summed E-state index contributed by atoms with van der Waals surface area (Å²) in [6.45, 7) is 0.374. The minimum Gasteiger partial charge on any atom is -0.493 e. The molecule has 1 N–H and O–H groups in total. The van der Waals surface area contributed by atoms with Gasteiger partial charge < -0.3 is 23.4 Å². The van der Waals surface area contributed by atoms with Crippen LogP contribution in [0, 0.1) is 6.92 Å². The van der Waals surface area contributed by atoms with Crippen molar-refractivity contribution in [3.63, 3.8) is 0 Å².